The molecule has 22 heavy (non-hydrogen) atoms. The molecule has 1 aromatic heterocycles. The van der Waals surface area contributed by atoms with Crippen LogP contribution in [0, 0.1) is 0 Å². The van der Waals surface area contributed by atoms with Crippen LogP contribution in [0.3, 0.4) is 0 Å². The first-order valence-corrected chi connectivity index (χ1v) is 7.99. The highest BCUT2D eigenvalue weighted by Crippen LogP contribution is 2.31. The molecule has 0 unspecified atom stereocenters. The monoisotopic (exact) mass is 334 g/mol. The van der Waals surface area contributed by atoms with Gasteiger partial charge in [0.1, 0.15) is 0 Å². The molecule has 0 fully saturated rings. The normalized spacial score (nSPS) is 18.3. The van der Waals surface area contributed by atoms with Crippen molar-refractivity contribution in [2.24, 2.45) is 5.10 Å². The summed E-state index contributed by atoms with van der Waals surface area (Å²) in [6.45, 7) is 1.50. The fraction of sp³-hybridized carbons (Fsp3) is 0.200. The van der Waals surface area contributed by atoms with Crippen LogP contribution in [-0.2, 0) is 4.79 Å². The lowest BCUT2D eigenvalue weighted by Gasteiger charge is -2.38. The van der Waals surface area contributed by atoms with Gasteiger partial charge in [-0.25, -0.2) is 10.4 Å². The summed E-state index contributed by atoms with van der Waals surface area (Å²) in [6.07, 6.45) is -0.172. The highest BCUT2D eigenvalue weighted by Gasteiger charge is 2.30. The van der Waals surface area contributed by atoms with Crippen LogP contribution in [0.15, 0.2) is 46.9 Å². The van der Waals surface area contributed by atoms with Gasteiger partial charge in [0.05, 0.1) is 5.69 Å². The number of benzene rings is 1. The van der Waals surface area contributed by atoms with E-state index in [-0.39, 0.29) is 11.9 Å². The van der Waals surface area contributed by atoms with Gasteiger partial charge < -0.3 is 0 Å². The molecule has 0 saturated heterocycles. The van der Waals surface area contributed by atoms with Crippen molar-refractivity contribution in [2.75, 3.05) is 12.1 Å². The molecule has 0 saturated carbocycles. The Balaban J connectivity index is 2.06. The minimum Gasteiger partial charge on any atom is -0.291 e. The summed E-state index contributed by atoms with van der Waals surface area (Å²) in [5.41, 5.74) is 4.16. The van der Waals surface area contributed by atoms with Crippen molar-refractivity contribution in [2.45, 2.75) is 13.1 Å². The van der Waals surface area contributed by atoms with E-state index in [0.29, 0.717) is 10.9 Å². The maximum Gasteiger partial charge on any atom is 0.206 e. The first kappa shape index (κ1) is 15.0. The second-order valence-electron chi connectivity index (χ2n) is 4.91. The lowest BCUT2D eigenvalue weighted by molar-refractivity contribution is -0.112. The Kier molecular flexibility index (Phi) is 4.15. The number of carbonyl (C=O) groups excluding carboxylic acids is 1. The molecule has 5 nitrogen and oxygen atoms in total. The highest BCUT2D eigenvalue weighted by molar-refractivity contribution is 7.10. The molecule has 0 aliphatic carbocycles. The van der Waals surface area contributed by atoms with Crippen LogP contribution in [0.25, 0.3) is 0 Å². The number of nitrogens with one attached hydrogen (secondary N) is 1. The quantitative estimate of drug-likeness (QED) is 0.936. The van der Waals surface area contributed by atoms with Crippen molar-refractivity contribution in [3.8, 4) is 0 Å². The summed E-state index contributed by atoms with van der Waals surface area (Å²) in [5.74, 6) is 0.265. The number of likely N-dealkylation sites (N-methyl/N-ethyl adjacent to an activating group) is 1. The van der Waals surface area contributed by atoms with E-state index in [4.69, 9.17) is 11.6 Å². The molecule has 2 aromatic rings. The van der Waals surface area contributed by atoms with Crippen molar-refractivity contribution < 1.29 is 4.79 Å². The third-order valence-electron chi connectivity index (χ3n) is 3.30. The zero-order chi connectivity index (χ0) is 15.7. The predicted octanol–water partition coefficient (Wildman–Crippen LogP) is 3.26. The number of halogens is 1. The van der Waals surface area contributed by atoms with E-state index in [0.717, 1.165) is 10.6 Å². The second kappa shape index (κ2) is 6.08. The number of rotatable bonds is 3. The molecule has 0 amide bonds. The fourth-order valence-corrected chi connectivity index (χ4v) is 3.14. The molecule has 1 aromatic carbocycles. The Morgan fingerprint density at radius 3 is 2.64 bits per heavy atom. The molecule has 0 spiro atoms. The molecule has 1 aliphatic rings. The van der Waals surface area contributed by atoms with Gasteiger partial charge in [0.25, 0.3) is 0 Å². The Morgan fingerprint density at radius 1 is 1.32 bits per heavy atom. The largest absolute Gasteiger partial charge is 0.291 e. The number of amidine groups is 1. The Labute approximate surface area is 137 Å². The van der Waals surface area contributed by atoms with Gasteiger partial charge in [-0.05, 0) is 35.7 Å². The summed E-state index contributed by atoms with van der Waals surface area (Å²) in [6, 6.07) is 11.4. The first-order valence-electron chi connectivity index (χ1n) is 6.74. The number of hydrogen-bond donors (Lipinski definition) is 1. The van der Waals surface area contributed by atoms with E-state index in [1.807, 2.05) is 41.8 Å². The molecule has 1 atom stereocenters. The molecular formula is C15H15ClN4OS. The minimum atomic E-state index is -0.172. The van der Waals surface area contributed by atoms with E-state index in [9.17, 15) is 4.79 Å². The van der Waals surface area contributed by atoms with Gasteiger partial charge in [0.15, 0.2) is 11.9 Å². The summed E-state index contributed by atoms with van der Waals surface area (Å²) < 4.78 is 0. The van der Waals surface area contributed by atoms with Crippen molar-refractivity contribution >= 4 is 40.2 Å². The van der Waals surface area contributed by atoms with E-state index < -0.39 is 0 Å². The third-order valence-corrected chi connectivity index (χ3v) is 4.48. The van der Waals surface area contributed by atoms with Crippen LogP contribution in [0.2, 0.25) is 5.02 Å². The van der Waals surface area contributed by atoms with E-state index in [2.05, 4.69) is 10.5 Å². The molecule has 3 rings (SSSR count). The highest BCUT2D eigenvalue weighted by atomic mass is 35.5. The van der Waals surface area contributed by atoms with E-state index >= 15 is 0 Å². The predicted molar refractivity (Wildman–Crippen MR) is 90.0 cm³/mol. The maximum absolute atomic E-state index is 11.8. The van der Waals surface area contributed by atoms with Crippen LogP contribution in [0.4, 0.5) is 5.69 Å². The number of hydrazone groups is 1. The number of Topliss-reactive ketones (excluding diaryl/α,β-unsaturated/α-hetero) is 1. The van der Waals surface area contributed by atoms with Crippen LogP contribution in [0.1, 0.15) is 18.0 Å². The van der Waals surface area contributed by atoms with Crippen molar-refractivity contribution in [1.29, 1.82) is 0 Å². The smallest absolute Gasteiger partial charge is 0.206 e. The number of hydrogen-bond acceptors (Lipinski definition) is 6. The number of nitrogens with zero attached hydrogens (tertiary/aromatic N) is 3. The summed E-state index contributed by atoms with van der Waals surface area (Å²) in [4.78, 5) is 12.9. The molecular weight excluding hydrogens is 320 g/mol. The van der Waals surface area contributed by atoms with Gasteiger partial charge in [-0.1, -0.05) is 17.7 Å². The molecule has 0 radical (unpaired) electrons. The van der Waals surface area contributed by atoms with Gasteiger partial charge >= 0.3 is 0 Å². The van der Waals surface area contributed by atoms with Gasteiger partial charge in [0, 0.05) is 23.9 Å². The first-order chi connectivity index (χ1) is 10.6. The zero-order valence-corrected chi connectivity index (χ0v) is 13.7. The molecule has 0 bridgehead atoms. The topological polar surface area (TPSA) is 47.9 Å². The van der Waals surface area contributed by atoms with Crippen molar-refractivity contribution in [3.05, 3.63) is 51.7 Å². The van der Waals surface area contributed by atoms with Gasteiger partial charge in [-0.2, -0.15) is 0 Å². The summed E-state index contributed by atoms with van der Waals surface area (Å²) >= 11 is 7.59. The molecule has 2 heterocycles. The van der Waals surface area contributed by atoms with Crippen molar-refractivity contribution in [3.63, 3.8) is 0 Å². The van der Waals surface area contributed by atoms with Gasteiger partial charge in [-0.3, -0.25) is 9.80 Å². The van der Waals surface area contributed by atoms with Gasteiger partial charge in [0.2, 0.25) is 5.84 Å². The van der Waals surface area contributed by atoms with Crippen LogP contribution < -0.4 is 10.4 Å². The number of ketones is 1. The number of hydrazine groups is 1. The number of anilines is 1. The Morgan fingerprint density at radius 2 is 2.05 bits per heavy atom. The van der Waals surface area contributed by atoms with Crippen LogP contribution in [-0.4, -0.2) is 23.7 Å². The Hall–Kier alpha value is -1.89. The fourth-order valence-electron chi connectivity index (χ4n) is 2.26. The van der Waals surface area contributed by atoms with Gasteiger partial charge in [-0.15, -0.1) is 16.4 Å². The second-order valence-corrected chi connectivity index (χ2v) is 6.32. The molecule has 1 N–H and O–H groups in total. The summed E-state index contributed by atoms with van der Waals surface area (Å²) in [7, 11) is 1.79. The standard InChI is InChI=1S/C15H15ClN4OS/c1-10(21)14-18-20(12-7-5-11(16)6-8-12)15(17-19(14)2)13-4-3-9-22-13/h3-9,15,17H,1-2H3/t15-/m1/s1. The Bertz CT molecular complexity index is 699. The van der Waals surface area contributed by atoms with Crippen LogP contribution >= 0.6 is 22.9 Å². The lowest BCUT2D eigenvalue weighted by Crippen LogP contribution is -2.54. The third kappa shape index (κ3) is 2.85. The SMILES string of the molecule is CC(=O)C1=NN(c2ccc(Cl)cc2)[C@H](c2cccs2)NN1C. The molecule has 7 heteroatoms. The molecule has 114 valence electrons. The lowest BCUT2D eigenvalue weighted by atomic mass is 10.2. The van der Waals surface area contributed by atoms with Crippen LogP contribution in [0.5, 0.6) is 0 Å². The van der Waals surface area contributed by atoms with E-state index in [1.165, 1.54) is 6.92 Å². The average Bonchev–Trinajstić information content (AvgIpc) is 3.02. The van der Waals surface area contributed by atoms with Crippen molar-refractivity contribution in [1.82, 2.24) is 10.4 Å². The average molecular weight is 335 g/mol. The van der Waals surface area contributed by atoms with E-state index in [1.54, 1.807) is 28.4 Å². The summed E-state index contributed by atoms with van der Waals surface area (Å²) in [5, 5.41) is 10.7. The zero-order valence-electron chi connectivity index (χ0n) is 12.2. The minimum absolute atomic E-state index is 0.0985. The number of thiophene rings is 1. The molecule has 1 aliphatic heterocycles. The maximum atomic E-state index is 11.8. The number of carbonyl (C=O) groups is 1.